The van der Waals surface area contributed by atoms with Gasteiger partial charge in [0.05, 0.1) is 0 Å². The van der Waals surface area contributed by atoms with Gasteiger partial charge in [0.25, 0.3) is 0 Å². The van der Waals surface area contributed by atoms with E-state index >= 15 is 0 Å². The lowest BCUT2D eigenvalue weighted by Gasteiger charge is -2.43. The molecular formula is C14H22O. The molecule has 0 N–H and O–H groups in total. The maximum Gasteiger partial charge on any atom is 0.123 e. The number of carbonyl (C=O) groups excluding carboxylic acids is 1. The molecule has 0 radical (unpaired) electrons. The average molecular weight is 206 g/mol. The Morgan fingerprint density at radius 3 is 2.93 bits per heavy atom. The Bertz CT molecular complexity index is 281. The minimum Gasteiger partial charge on any atom is -0.303 e. The minimum absolute atomic E-state index is 0.228. The van der Waals surface area contributed by atoms with E-state index in [1.54, 1.807) is 0 Å². The molecule has 0 amide bonds. The molecule has 1 nitrogen and oxygen atoms in total. The summed E-state index contributed by atoms with van der Waals surface area (Å²) in [5.41, 5.74) is 1.82. The van der Waals surface area contributed by atoms with Crippen LogP contribution in [0.1, 0.15) is 46.0 Å². The first-order chi connectivity index (χ1) is 7.09. The molecule has 2 fully saturated rings. The number of hydrogen-bond acceptors (Lipinski definition) is 1. The number of carbonyl (C=O) groups is 1. The van der Waals surface area contributed by atoms with Crippen molar-refractivity contribution in [3.63, 3.8) is 0 Å². The van der Waals surface area contributed by atoms with Crippen LogP contribution in [0.25, 0.3) is 0 Å². The van der Waals surface area contributed by atoms with Crippen LogP contribution in [0.4, 0.5) is 0 Å². The van der Waals surface area contributed by atoms with Crippen LogP contribution in [-0.2, 0) is 4.79 Å². The van der Waals surface area contributed by atoms with Crippen LogP contribution >= 0.6 is 0 Å². The van der Waals surface area contributed by atoms with Crippen molar-refractivity contribution in [2.45, 2.75) is 46.0 Å². The third kappa shape index (κ3) is 1.56. The number of rotatable bonds is 2. The Morgan fingerprint density at radius 1 is 1.53 bits per heavy atom. The highest BCUT2D eigenvalue weighted by molar-refractivity contribution is 5.54. The maximum absolute atomic E-state index is 11.0. The van der Waals surface area contributed by atoms with Crippen LogP contribution in [0.5, 0.6) is 0 Å². The standard InChI is InChI=1S/C14H22O/c1-10-5-4-8-14(3)12(10)6-7-13(14)11(2)9-15/h9,11-13H,1,4-8H2,2-3H3/t11-,12?,13-,14?/m1/s1. The summed E-state index contributed by atoms with van der Waals surface area (Å²) < 4.78 is 0. The summed E-state index contributed by atoms with van der Waals surface area (Å²) >= 11 is 0. The Morgan fingerprint density at radius 2 is 2.27 bits per heavy atom. The van der Waals surface area contributed by atoms with E-state index in [0.717, 1.165) is 6.29 Å². The SMILES string of the molecule is C=C1CCCC2(C)C1CC[C@@H]2[C@H](C)C=O. The van der Waals surface area contributed by atoms with Crippen molar-refractivity contribution < 1.29 is 4.79 Å². The van der Waals surface area contributed by atoms with E-state index in [9.17, 15) is 4.79 Å². The second-order valence-corrected chi connectivity index (χ2v) is 5.75. The molecular weight excluding hydrogens is 184 g/mol. The molecule has 2 aliphatic rings. The highest BCUT2D eigenvalue weighted by atomic mass is 16.1. The number of allylic oxidation sites excluding steroid dienone is 1. The van der Waals surface area contributed by atoms with Crippen LogP contribution in [0.2, 0.25) is 0 Å². The molecule has 0 heterocycles. The lowest BCUT2D eigenvalue weighted by atomic mass is 9.61. The summed E-state index contributed by atoms with van der Waals surface area (Å²) in [6.45, 7) is 8.71. The molecule has 0 spiro atoms. The summed E-state index contributed by atoms with van der Waals surface area (Å²) in [4.78, 5) is 11.0. The third-order valence-corrected chi connectivity index (χ3v) is 4.96. The summed E-state index contributed by atoms with van der Waals surface area (Å²) in [6, 6.07) is 0. The van der Waals surface area contributed by atoms with Gasteiger partial charge in [-0.25, -0.2) is 0 Å². The maximum atomic E-state index is 11.0. The quantitative estimate of drug-likeness (QED) is 0.498. The molecule has 0 aromatic heterocycles. The largest absolute Gasteiger partial charge is 0.303 e. The highest BCUT2D eigenvalue weighted by Gasteiger charge is 2.50. The molecule has 84 valence electrons. The molecule has 0 bridgehead atoms. The Labute approximate surface area is 92.9 Å². The Balaban J connectivity index is 2.24. The molecule has 0 aliphatic heterocycles. The van der Waals surface area contributed by atoms with Crippen molar-refractivity contribution in [3.05, 3.63) is 12.2 Å². The minimum atomic E-state index is 0.228. The van der Waals surface area contributed by atoms with Crippen LogP contribution in [-0.4, -0.2) is 6.29 Å². The van der Waals surface area contributed by atoms with Crippen molar-refractivity contribution in [1.29, 1.82) is 0 Å². The van der Waals surface area contributed by atoms with Crippen LogP contribution in [0, 0.1) is 23.2 Å². The summed E-state index contributed by atoms with van der Waals surface area (Å²) in [6.07, 6.45) is 7.41. The van der Waals surface area contributed by atoms with Crippen molar-refractivity contribution >= 4 is 6.29 Å². The first-order valence-corrected chi connectivity index (χ1v) is 6.22. The van der Waals surface area contributed by atoms with Gasteiger partial charge < -0.3 is 4.79 Å². The smallest absolute Gasteiger partial charge is 0.123 e. The second-order valence-electron chi connectivity index (χ2n) is 5.75. The molecule has 2 aliphatic carbocycles. The van der Waals surface area contributed by atoms with E-state index in [2.05, 4.69) is 20.4 Å². The van der Waals surface area contributed by atoms with Crippen LogP contribution in [0.3, 0.4) is 0 Å². The van der Waals surface area contributed by atoms with Gasteiger partial charge in [0.15, 0.2) is 0 Å². The zero-order valence-corrected chi connectivity index (χ0v) is 9.96. The first-order valence-electron chi connectivity index (χ1n) is 6.22. The van der Waals surface area contributed by atoms with Gasteiger partial charge in [-0.2, -0.15) is 0 Å². The monoisotopic (exact) mass is 206 g/mol. The molecule has 2 rings (SSSR count). The average Bonchev–Trinajstić information content (AvgIpc) is 2.56. The number of hydrogen-bond donors (Lipinski definition) is 0. The second kappa shape index (κ2) is 3.77. The fourth-order valence-corrected chi connectivity index (χ4v) is 4.12. The Kier molecular flexibility index (Phi) is 2.74. The van der Waals surface area contributed by atoms with E-state index in [-0.39, 0.29) is 5.92 Å². The lowest BCUT2D eigenvalue weighted by molar-refractivity contribution is -0.113. The van der Waals surface area contributed by atoms with Crippen LogP contribution < -0.4 is 0 Å². The van der Waals surface area contributed by atoms with Gasteiger partial charge >= 0.3 is 0 Å². The zero-order valence-electron chi connectivity index (χ0n) is 9.96. The summed E-state index contributed by atoms with van der Waals surface area (Å²) in [5, 5.41) is 0. The van der Waals surface area contributed by atoms with Gasteiger partial charge in [-0.3, -0.25) is 0 Å². The highest BCUT2D eigenvalue weighted by Crippen LogP contribution is 2.58. The van der Waals surface area contributed by atoms with Gasteiger partial charge in [0, 0.05) is 5.92 Å². The normalized spacial score (nSPS) is 42.4. The topological polar surface area (TPSA) is 17.1 Å². The van der Waals surface area contributed by atoms with E-state index in [1.807, 2.05) is 0 Å². The molecule has 0 aromatic carbocycles. The third-order valence-electron chi connectivity index (χ3n) is 4.96. The molecule has 2 saturated carbocycles. The van der Waals surface area contributed by atoms with Crippen molar-refractivity contribution in [1.82, 2.24) is 0 Å². The Hall–Kier alpha value is -0.590. The van der Waals surface area contributed by atoms with Crippen LogP contribution in [0.15, 0.2) is 12.2 Å². The van der Waals surface area contributed by atoms with E-state index in [4.69, 9.17) is 0 Å². The van der Waals surface area contributed by atoms with Gasteiger partial charge in [0.1, 0.15) is 6.29 Å². The summed E-state index contributed by atoms with van der Waals surface area (Å²) in [5.74, 6) is 1.52. The van der Waals surface area contributed by atoms with Gasteiger partial charge in [-0.15, -0.1) is 0 Å². The van der Waals surface area contributed by atoms with E-state index in [1.165, 1.54) is 37.7 Å². The van der Waals surface area contributed by atoms with Gasteiger partial charge in [0.2, 0.25) is 0 Å². The zero-order chi connectivity index (χ0) is 11.1. The molecule has 0 saturated heterocycles. The first kappa shape index (κ1) is 10.9. The molecule has 15 heavy (non-hydrogen) atoms. The van der Waals surface area contributed by atoms with Crippen molar-refractivity contribution in [2.24, 2.45) is 23.2 Å². The number of aldehydes is 1. The van der Waals surface area contributed by atoms with Crippen molar-refractivity contribution in [2.75, 3.05) is 0 Å². The molecule has 1 heteroatoms. The lowest BCUT2D eigenvalue weighted by Crippen LogP contribution is -2.36. The molecule has 4 atom stereocenters. The van der Waals surface area contributed by atoms with E-state index < -0.39 is 0 Å². The molecule has 0 aromatic rings. The van der Waals surface area contributed by atoms with E-state index in [0.29, 0.717) is 17.3 Å². The predicted molar refractivity (Wildman–Crippen MR) is 62.5 cm³/mol. The predicted octanol–water partition coefficient (Wildman–Crippen LogP) is 3.59. The summed E-state index contributed by atoms with van der Waals surface area (Å²) in [7, 11) is 0. The van der Waals surface area contributed by atoms with Gasteiger partial charge in [-0.1, -0.05) is 26.0 Å². The van der Waals surface area contributed by atoms with Gasteiger partial charge in [-0.05, 0) is 49.4 Å². The molecule has 2 unspecified atom stereocenters. The fourth-order valence-electron chi connectivity index (χ4n) is 4.12. The number of fused-ring (bicyclic) bond motifs is 1. The van der Waals surface area contributed by atoms with Crippen molar-refractivity contribution in [3.8, 4) is 0 Å². The fraction of sp³-hybridized carbons (Fsp3) is 0.786.